The van der Waals surface area contributed by atoms with E-state index in [1.54, 1.807) is 0 Å². The average Bonchev–Trinajstić information content (AvgIpc) is 2.29. The van der Waals surface area contributed by atoms with Gasteiger partial charge in [-0.2, -0.15) is 0 Å². The Labute approximate surface area is 98.8 Å². The summed E-state index contributed by atoms with van der Waals surface area (Å²) >= 11 is 0. The maximum Gasteiger partial charge on any atom is 0.124 e. The molecule has 1 rings (SSSR count). The van der Waals surface area contributed by atoms with Gasteiger partial charge in [-0.15, -0.1) is 0 Å². The monoisotopic (exact) mass is 221 g/mol. The molecule has 2 N–H and O–H groups in total. The third-order valence-corrected chi connectivity index (χ3v) is 3.31. The van der Waals surface area contributed by atoms with E-state index in [1.807, 2.05) is 25.1 Å². The van der Waals surface area contributed by atoms with Gasteiger partial charge < -0.3 is 10.5 Å². The van der Waals surface area contributed by atoms with Crippen LogP contribution in [0.5, 0.6) is 5.75 Å². The zero-order chi connectivity index (χ0) is 12.2. The number of hydrogen-bond acceptors (Lipinski definition) is 2. The first kappa shape index (κ1) is 13.0. The number of para-hydroxylation sites is 1. The SMILES string of the molecule is CCOc1ccccc1C(N)C(C)(C)CC. The fourth-order valence-corrected chi connectivity index (χ4v) is 1.67. The van der Waals surface area contributed by atoms with Crippen LogP contribution < -0.4 is 10.5 Å². The Hall–Kier alpha value is -1.02. The molecule has 16 heavy (non-hydrogen) atoms. The van der Waals surface area contributed by atoms with E-state index in [4.69, 9.17) is 10.5 Å². The van der Waals surface area contributed by atoms with E-state index in [0.29, 0.717) is 6.61 Å². The molecule has 0 radical (unpaired) electrons. The summed E-state index contributed by atoms with van der Waals surface area (Å²) in [6.07, 6.45) is 1.05. The highest BCUT2D eigenvalue weighted by Crippen LogP contribution is 2.37. The molecule has 0 fully saturated rings. The first-order valence-corrected chi connectivity index (χ1v) is 6.00. The van der Waals surface area contributed by atoms with Crippen molar-refractivity contribution >= 4 is 0 Å². The summed E-state index contributed by atoms with van der Waals surface area (Å²) in [5.74, 6) is 0.916. The second-order valence-corrected chi connectivity index (χ2v) is 4.79. The average molecular weight is 221 g/mol. The van der Waals surface area contributed by atoms with Crippen molar-refractivity contribution in [2.24, 2.45) is 11.1 Å². The Morgan fingerprint density at radius 2 is 1.88 bits per heavy atom. The van der Waals surface area contributed by atoms with Crippen molar-refractivity contribution in [1.82, 2.24) is 0 Å². The normalized spacial score (nSPS) is 13.6. The maximum absolute atomic E-state index is 6.33. The minimum Gasteiger partial charge on any atom is -0.494 e. The quantitative estimate of drug-likeness (QED) is 0.825. The highest BCUT2D eigenvalue weighted by molar-refractivity contribution is 5.36. The molecule has 0 saturated carbocycles. The van der Waals surface area contributed by atoms with Crippen LogP contribution in [0.4, 0.5) is 0 Å². The minimum absolute atomic E-state index is 0.0141. The molecule has 1 atom stereocenters. The first-order chi connectivity index (χ1) is 7.53. The molecule has 90 valence electrons. The van der Waals surface area contributed by atoms with Gasteiger partial charge in [0.05, 0.1) is 6.61 Å². The first-order valence-electron chi connectivity index (χ1n) is 6.00. The molecule has 0 amide bonds. The lowest BCUT2D eigenvalue weighted by molar-refractivity contribution is 0.265. The van der Waals surface area contributed by atoms with Crippen molar-refractivity contribution in [2.45, 2.75) is 40.2 Å². The van der Waals surface area contributed by atoms with Gasteiger partial charge in [-0.05, 0) is 24.8 Å². The molecular weight excluding hydrogens is 198 g/mol. The molecule has 2 heteroatoms. The Kier molecular flexibility index (Phi) is 4.36. The lowest BCUT2D eigenvalue weighted by atomic mass is 9.78. The van der Waals surface area contributed by atoms with Crippen LogP contribution >= 0.6 is 0 Å². The minimum atomic E-state index is 0.0141. The number of nitrogens with two attached hydrogens (primary N) is 1. The zero-order valence-electron chi connectivity index (χ0n) is 10.8. The number of ether oxygens (including phenoxy) is 1. The van der Waals surface area contributed by atoms with Gasteiger partial charge in [-0.25, -0.2) is 0 Å². The van der Waals surface area contributed by atoms with Gasteiger partial charge in [0.1, 0.15) is 5.75 Å². The van der Waals surface area contributed by atoms with Gasteiger partial charge in [0.2, 0.25) is 0 Å². The Balaban J connectivity index is 3.02. The Morgan fingerprint density at radius 1 is 1.25 bits per heavy atom. The summed E-state index contributed by atoms with van der Waals surface area (Å²) in [4.78, 5) is 0. The third kappa shape index (κ3) is 2.76. The van der Waals surface area contributed by atoms with E-state index in [9.17, 15) is 0 Å². The van der Waals surface area contributed by atoms with Gasteiger partial charge in [0.25, 0.3) is 0 Å². The van der Waals surface area contributed by atoms with Crippen LogP contribution in [0.25, 0.3) is 0 Å². The van der Waals surface area contributed by atoms with Crippen LogP contribution in [0.2, 0.25) is 0 Å². The second kappa shape index (κ2) is 5.35. The molecule has 0 aliphatic heterocycles. The topological polar surface area (TPSA) is 35.2 Å². The molecule has 0 heterocycles. The van der Waals surface area contributed by atoms with E-state index in [0.717, 1.165) is 17.7 Å². The van der Waals surface area contributed by atoms with Crippen LogP contribution in [-0.4, -0.2) is 6.61 Å². The van der Waals surface area contributed by atoms with Crippen LogP contribution in [0.15, 0.2) is 24.3 Å². The van der Waals surface area contributed by atoms with E-state index < -0.39 is 0 Å². The molecule has 0 saturated heterocycles. The van der Waals surface area contributed by atoms with E-state index in [-0.39, 0.29) is 11.5 Å². The fourth-order valence-electron chi connectivity index (χ4n) is 1.67. The summed E-state index contributed by atoms with van der Waals surface area (Å²) in [6.45, 7) is 9.23. The highest BCUT2D eigenvalue weighted by Gasteiger charge is 2.27. The van der Waals surface area contributed by atoms with Gasteiger partial charge in [-0.3, -0.25) is 0 Å². The number of rotatable bonds is 5. The summed E-state index contributed by atoms with van der Waals surface area (Å²) in [6, 6.07) is 8.07. The molecule has 0 aliphatic rings. The van der Waals surface area contributed by atoms with Crippen molar-refractivity contribution in [3.8, 4) is 5.75 Å². The van der Waals surface area contributed by atoms with Crippen LogP contribution in [0.3, 0.4) is 0 Å². The third-order valence-electron chi connectivity index (χ3n) is 3.31. The number of benzene rings is 1. The summed E-state index contributed by atoms with van der Waals surface area (Å²) in [5, 5.41) is 0. The molecule has 0 spiro atoms. The molecule has 1 aromatic carbocycles. The van der Waals surface area contributed by atoms with Crippen LogP contribution in [0, 0.1) is 5.41 Å². The molecule has 1 aromatic rings. The summed E-state index contributed by atoms with van der Waals surface area (Å²) in [5.41, 5.74) is 7.53. The van der Waals surface area contributed by atoms with E-state index >= 15 is 0 Å². The smallest absolute Gasteiger partial charge is 0.124 e. The van der Waals surface area contributed by atoms with Gasteiger partial charge >= 0.3 is 0 Å². The fraction of sp³-hybridized carbons (Fsp3) is 0.571. The van der Waals surface area contributed by atoms with Crippen LogP contribution in [0.1, 0.15) is 45.7 Å². The Morgan fingerprint density at radius 3 is 2.44 bits per heavy atom. The standard InChI is InChI=1S/C14H23NO/c1-5-14(3,4)13(15)11-9-7-8-10-12(11)16-6-2/h7-10,13H,5-6,15H2,1-4H3. The van der Waals surface area contributed by atoms with Crippen molar-refractivity contribution in [3.05, 3.63) is 29.8 Å². The van der Waals surface area contributed by atoms with Gasteiger partial charge in [0, 0.05) is 11.6 Å². The highest BCUT2D eigenvalue weighted by atomic mass is 16.5. The predicted molar refractivity (Wildman–Crippen MR) is 68.6 cm³/mol. The van der Waals surface area contributed by atoms with Gasteiger partial charge in [-0.1, -0.05) is 39.0 Å². The van der Waals surface area contributed by atoms with Crippen molar-refractivity contribution in [2.75, 3.05) is 6.61 Å². The van der Waals surface area contributed by atoms with E-state index in [1.165, 1.54) is 0 Å². The summed E-state index contributed by atoms with van der Waals surface area (Å²) in [7, 11) is 0. The van der Waals surface area contributed by atoms with Crippen molar-refractivity contribution in [3.63, 3.8) is 0 Å². The van der Waals surface area contributed by atoms with Crippen molar-refractivity contribution < 1.29 is 4.74 Å². The largest absolute Gasteiger partial charge is 0.494 e. The molecular formula is C14H23NO. The molecule has 0 bridgehead atoms. The van der Waals surface area contributed by atoms with Crippen LogP contribution in [-0.2, 0) is 0 Å². The number of hydrogen-bond donors (Lipinski definition) is 1. The predicted octanol–water partition coefficient (Wildman–Crippen LogP) is 3.52. The maximum atomic E-state index is 6.33. The zero-order valence-corrected chi connectivity index (χ0v) is 10.8. The molecule has 1 unspecified atom stereocenters. The molecule has 0 aromatic heterocycles. The van der Waals surface area contributed by atoms with Crippen molar-refractivity contribution in [1.29, 1.82) is 0 Å². The summed E-state index contributed by atoms with van der Waals surface area (Å²) < 4.78 is 5.62. The second-order valence-electron chi connectivity index (χ2n) is 4.79. The Bertz CT molecular complexity index is 333. The lowest BCUT2D eigenvalue weighted by Crippen LogP contribution is -2.29. The molecule has 0 aliphatic carbocycles. The van der Waals surface area contributed by atoms with Gasteiger partial charge in [0.15, 0.2) is 0 Å². The molecule has 2 nitrogen and oxygen atoms in total. The lowest BCUT2D eigenvalue weighted by Gasteiger charge is -2.31. The van der Waals surface area contributed by atoms with E-state index in [2.05, 4.69) is 26.8 Å².